The van der Waals surface area contributed by atoms with Gasteiger partial charge < -0.3 is 59.3 Å². The van der Waals surface area contributed by atoms with Gasteiger partial charge in [0.25, 0.3) is 0 Å². The number of nitrogens with zero attached hydrogens (tertiary/aromatic N) is 2. The Balaban J connectivity index is 2.21. The minimum Gasteiger partial charge on any atom is -0.459 e. The molecule has 17 nitrogen and oxygen atoms in total. The molecule has 3 aliphatic rings. The lowest BCUT2D eigenvalue weighted by molar-refractivity contribution is -0.336. The quantitative estimate of drug-likeness (QED) is 0.179. The molecule has 3 heterocycles. The second-order valence-corrected chi connectivity index (χ2v) is 19.7. The molecule has 0 aliphatic carbocycles. The average Bonchev–Trinajstić information content (AvgIpc) is 3.11. The van der Waals surface area contributed by atoms with Crippen LogP contribution >= 0.6 is 0 Å². The molecule has 0 spiro atoms. The van der Waals surface area contributed by atoms with Gasteiger partial charge in [-0.2, -0.15) is 9.57 Å². The number of nitrogens with one attached hydrogen (secondary N) is 1. The van der Waals surface area contributed by atoms with Crippen molar-refractivity contribution in [3.05, 3.63) is 0 Å². The summed E-state index contributed by atoms with van der Waals surface area (Å²) < 4.78 is 63.7. The molecule has 0 radical (unpaired) electrons. The van der Waals surface area contributed by atoms with Gasteiger partial charge in [0, 0.05) is 32.5 Å². The summed E-state index contributed by atoms with van der Waals surface area (Å²) in [5.41, 5.74) is -6.70. The van der Waals surface area contributed by atoms with E-state index in [0.29, 0.717) is 0 Å². The number of hydrogen-bond donors (Lipinski definition) is 6. The van der Waals surface area contributed by atoms with Crippen LogP contribution in [0.1, 0.15) is 101 Å². The van der Waals surface area contributed by atoms with Gasteiger partial charge in [-0.05, 0) is 80.2 Å². The third-order valence-corrected chi connectivity index (χ3v) is 14.2. The zero-order valence-electron chi connectivity index (χ0n) is 36.0. The highest BCUT2D eigenvalue weighted by molar-refractivity contribution is 7.88. The summed E-state index contributed by atoms with van der Waals surface area (Å²) in [4.78, 5) is 14.3. The van der Waals surface area contributed by atoms with Crippen LogP contribution in [0.25, 0.3) is 0 Å². The SMILES string of the molecule is CC[C@H]1OC(=O)[C@H](C)[C@@H](O[C@H]2C[C@@](C)(OC)[C@](O)(CC#N)[C@H](C)O2)[C@H](C)[C@@H](O[C@@H]2O[C@H](C)C[C@H](N(C)S(C)(=O)=O)[C@H]2O)[C@](C)(O)C[C@@H](C)CN[C@H](C)[C@@H](O)[C@]1(C)O. The van der Waals surface area contributed by atoms with Crippen LogP contribution in [0.3, 0.4) is 0 Å². The minimum absolute atomic E-state index is 0.0839. The Labute approximate surface area is 339 Å². The highest BCUT2D eigenvalue weighted by Crippen LogP contribution is 2.44. The first kappa shape index (κ1) is 49.8. The summed E-state index contributed by atoms with van der Waals surface area (Å²) in [7, 11) is -0.979. The van der Waals surface area contributed by atoms with E-state index in [9.17, 15) is 44.0 Å². The molecule has 332 valence electrons. The predicted molar refractivity (Wildman–Crippen MR) is 208 cm³/mol. The molecule has 0 unspecified atom stereocenters. The summed E-state index contributed by atoms with van der Waals surface area (Å²) in [6.45, 7) is 16.7. The molecule has 18 heteroatoms. The van der Waals surface area contributed by atoms with Crippen molar-refractivity contribution in [2.24, 2.45) is 17.8 Å². The van der Waals surface area contributed by atoms with Gasteiger partial charge in [0.05, 0.1) is 60.7 Å². The maximum atomic E-state index is 14.3. The largest absolute Gasteiger partial charge is 0.459 e. The van der Waals surface area contributed by atoms with E-state index in [1.165, 1.54) is 21.1 Å². The normalized spacial score (nSPS) is 47.4. The van der Waals surface area contributed by atoms with E-state index in [-0.39, 0.29) is 44.6 Å². The fourth-order valence-electron chi connectivity index (χ4n) is 8.97. The number of aliphatic hydroxyl groups is 5. The number of aliphatic hydroxyl groups excluding tert-OH is 2. The maximum Gasteiger partial charge on any atom is 0.311 e. The summed E-state index contributed by atoms with van der Waals surface area (Å²) in [5.74, 6) is -3.17. The van der Waals surface area contributed by atoms with E-state index < -0.39 is 118 Å². The molecule has 18 atom stereocenters. The van der Waals surface area contributed by atoms with Gasteiger partial charge in [-0.25, -0.2) is 8.42 Å². The standard InChI is InChI=1S/C39H71N3O14S/c1-14-28-38(10,47)32(44)25(6)41-20-21(2)18-36(8,46)33(56-35-30(43)27(17-22(3)52-35)42(11)57(13,49)50)23(4)31(24(5)34(45)54-28)55-29-19-37(9,51-12)39(48,15-16-40)26(7)53-29/h21-33,35,41,43-44,46-48H,14-15,17-20H2,1-13H3/t21-,22-,23+,24-,25-,26+,27+,28-,29+,30-,31+,32-,33-,35+,36-,37-,38-,39+/m1/s1. The highest BCUT2D eigenvalue weighted by Gasteiger charge is 2.58. The molecule has 3 fully saturated rings. The van der Waals surface area contributed by atoms with Crippen LogP contribution in [-0.2, 0) is 43.2 Å². The topological polar surface area (TPSA) is 247 Å². The molecule has 0 aromatic carbocycles. The lowest BCUT2D eigenvalue weighted by atomic mass is 9.73. The number of methoxy groups -OCH3 is 1. The Morgan fingerprint density at radius 1 is 1.02 bits per heavy atom. The Bertz CT molecular complexity index is 1500. The smallest absolute Gasteiger partial charge is 0.311 e. The van der Waals surface area contributed by atoms with Gasteiger partial charge in [-0.1, -0.05) is 20.8 Å². The number of ether oxygens (including phenoxy) is 6. The number of hydrogen-bond acceptors (Lipinski definition) is 16. The molecule has 0 aromatic rings. The summed E-state index contributed by atoms with van der Waals surface area (Å²) in [5, 5.41) is 71.6. The van der Waals surface area contributed by atoms with Crippen molar-refractivity contribution in [2.75, 3.05) is 27.0 Å². The number of rotatable bonds is 9. The monoisotopic (exact) mass is 837 g/mol. The molecule has 3 saturated heterocycles. The fraction of sp³-hybridized carbons (Fsp3) is 0.949. The van der Waals surface area contributed by atoms with Crippen molar-refractivity contribution >= 4 is 16.0 Å². The van der Waals surface area contributed by atoms with E-state index in [1.54, 1.807) is 55.4 Å². The van der Waals surface area contributed by atoms with Crippen molar-refractivity contribution in [3.63, 3.8) is 0 Å². The van der Waals surface area contributed by atoms with Crippen molar-refractivity contribution in [1.82, 2.24) is 9.62 Å². The second kappa shape index (κ2) is 19.0. The Morgan fingerprint density at radius 2 is 1.63 bits per heavy atom. The molecule has 6 N–H and O–H groups in total. The predicted octanol–water partition coefficient (Wildman–Crippen LogP) is 1.17. The van der Waals surface area contributed by atoms with Crippen LogP contribution in [0.5, 0.6) is 0 Å². The number of cyclic esters (lactones) is 1. The first-order valence-electron chi connectivity index (χ1n) is 20.1. The molecule has 3 rings (SSSR count). The van der Waals surface area contributed by atoms with E-state index in [2.05, 4.69) is 5.32 Å². The number of nitriles is 1. The molecule has 3 aliphatic heterocycles. The van der Waals surface area contributed by atoms with Gasteiger partial charge in [0.2, 0.25) is 10.0 Å². The van der Waals surface area contributed by atoms with Crippen LogP contribution in [-0.4, -0.2) is 161 Å². The van der Waals surface area contributed by atoms with Gasteiger partial charge in [0.15, 0.2) is 12.6 Å². The first-order valence-corrected chi connectivity index (χ1v) is 21.9. The second-order valence-electron chi connectivity index (χ2n) is 17.7. The van der Waals surface area contributed by atoms with Gasteiger partial charge in [-0.3, -0.25) is 4.79 Å². The molecular weight excluding hydrogens is 767 g/mol. The number of sulfonamides is 1. The number of carbonyl (C=O) groups excluding carboxylic acids is 1. The minimum atomic E-state index is -3.74. The van der Waals surface area contributed by atoms with Crippen molar-refractivity contribution in [1.29, 1.82) is 5.26 Å². The summed E-state index contributed by atoms with van der Waals surface area (Å²) in [6, 6.07) is 0.410. The number of carbonyl (C=O) groups is 1. The lowest BCUT2D eigenvalue weighted by Crippen LogP contribution is -2.66. The van der Waals surface area contributed by atoms with Crippen LogP contribution in [0.4, 0.5) is 0 Å². The lowest BCUT2D eigenvalue weighted by Gasteiger charge is -2.53. The van der Waals surface area contributed by atoms with E-state index >= 15 is 0 Å². The molecule has 0 amide bonds. The van der Waals surface area contributed by atoms with Crippen molar-refractivity contribution in [3.8, 4) is 6.07 Å². The third kappa shape index (κ3) is 10.9. The summed E-state index contributed by atoms with van der Waals surface area (Å²) >= 11 is 0. The fourth-order valence-corrected chi connectivity index (χ4v) is 9.67. The molecule has 0 bridgehead atoms. The zero-order valence-corrected chi connectivity index (χ0v) is 36.9. The maximum absolute atomic E-state index is 14.3. The van der Waals surface area contributed by atoms with Crippen LogP contribution in [0.15, 0.2) is 0 Å². The highest BCUT2D eigenvalue weighted by atomic mass is 32.2. The van der Waals surface area contributed by atoms with Gasteiger partial charge >= 0.3 is 5.97 Å². The third-order valence-electron chi connectivity index (χ3n) is 12.9. The Hall–Kier alpha value is -1.57. The number of likely N-dealkylation sites (N-methyl/N-ethyl adjacent to an activating group) is 1. The first-order chi connectivity index (χ1) is 26.1. The average molecular weight is 838 g/mol. The Kier molecular flexibility index (Phi) is 16.6. The number of esters is 1. The van der Waals surface area contributed by atoms with Gasteiger partial charge in [-0.15, -0.1) is 0 Å². The van der Waals surface area contributed by atoms with Crippen LogP contribution in [0, 0.1) is 29.1 Å². The van der Waals surface area contributed by atoms with E-state index in [0.717, 1.165) is 10.6 Å². The van der Waals surface area contributed by atoms with Crippen molar-refractivity contribution < 1.29 is 67.2 Å². The zero-order chi connectivity index (χ0) is 43.6. The molecule has 57 heavy (non-hydrogen) atoms. The van der Waals surface area contributed by atoms with Crippen LogP contribution < -0.4 is 5.32 Å². The Morgan fingerprint density at radius 3 is 2.18 bits per heavy atom. The molecule has 0 aromatic heterocycles. The van der Waals surface area contributed by atoms with E-state index in [1.807, 2.05) is 13.0 Å². The van der Waals surface area contributed by atoms with Crippen molar-refractivity contribution in [2.45, 2.75) is 191 Å². The summed E-state index contributed by atoms with van der Waals surface area (Å²) in [6.07, 6.45) is -9.55. The van der Waals surface area contributed by atoms with Crippen LogP contribution in [0.2, 0.25) is 0 Å². The van der Waals surface area contributed by atoms with Gasteiger partial charge in [0.1, 0.15) is 35.1 Å². The van der Waals surface area contributed by atoms with E-state index in [4.69, 9.17) is 28.4 Å². The molecular formula is C39H71N3O14S. The molecule has 0 saturated carbocycles.